The summed E-state index contributed by atoms with van der Waals surface area (Å²) in [6.07, 6.45) is 0. The number of carbonyl (C=O) groups excluding carboxylic acids is 1. The van der Waals surface area contributed by atoms with Gasteiger partial charge in [0.05, 0.1) is 18.9 Å². The minimum atomic E-state index is 0.00136. The van der Waals surface area contributed by atoms with E-state index < -0.39 is 0 Å². The molecule has 0 aliphatic heterocycles. The third-order valence-corrected chi connectivity index (χ3v) is 3.48. The third-order valence-electron chi connectivity index (χ3n) is 2.52. The van der Waals surface area contributed by atoms with E-state index in [9.17, 15) is 4.79 Å². The molecular formula is C12H24N6O2S. The van der Waals surface area contributed by atoms with Crippen LogP contribution in [0.25, 0.3) is 0 Å². The summed E-state index contributed by atoms with van der Waals surface area (Å²) >= 11 is 1.34. The van der Waals surface area contributed by atoms with Crippen molar-refractivity contribution in [1.82, 2.24) is 30.8 Å². The van der Waals surface area contributed by atoms with Crippen molar-refractivity contribution >= 4 is 17.7 Å². The second kappa shape index (κ2) is 10.5. The Labute approximate surface area is 129 Å². The zero-order chi connectivity index (χ0) is 15.5. The van der Waals surface area contributed by atoms with Crippen LogP contribution in [-0.2, 0) is 16.1 Å². The van der Waals surface area contributed by atoms with E-state index in [0.717, 1.165) is 13.1 Å². The van der Waals surface area contributed by atoms with Crippen LogP contribution in [0.3, 0.4) is 0 Å². The van der Waals surface area contributed by atoms with Crippen LogP contribution < -0.4 is 10.6 Å². The number of hydrogen-bond donors (Lipinski definition) is 2. The molecule has 1 aromatic rings. The highest BCUT2D eigenvalue weighted by Gasteiger charge is 2.09. The van der Waals surface area contributed by atoms with E-state index in [1.54, 1.807) is 11.8 Å². The van der Waals surface area contributed by atoms with Crippen LogP contribution in [0.2, 0.25) is 0 Å². The van der Waals surface area contributed by atoms with Gasteiger partial charge in [-0.05, 0) is 16.3 Å². The van der Waals surface area contributed by atoms with Gasteiger partial charge in [0.15, 0.2) is 0 Å². The lowest BCUT2D eigenvalue weighted by atomic mass is 10.2. The lowest BCUT2D eigenvalue weighted by Gasteiger charge is -2.08. The Balaban J connectivity index is 2.26. The molecule has 0 aliphatic rings. The second-order valence-corrected chi connectivity index (χ2v) is 5.86. The molecule has 0 saturated heterocycles. The first-order valence-corrected chi connectivity index (χ1v) is 7.97. The maximum absolute atomic E-state index is 11.7. The topological polar surface area (TPSA) is 94.0 Å². The van der Waals surface area contributed by atoms with E-state index in [4.69, 9.17) is 4.74 Å². The predicted octanol–water partition coefficient (Wildman–Crippen LogP) is -0.227. The van der Waals surface area contributed by atoms with Crippen molar-refractivity contribution in [2.45, 2.75) is 25.5 Å². The van der Waals surface area contributed by atoms with Gasteiger partial charge in [-0.25, -0.2) is 4.68 Å². The number of aromatic nitrogens is 4. The summed E-state index contributed by atoms with van der Waals surface area (Å²) < 4.78 is 6.64. The first kappa shape index (κ1) is 17.9. The fourth-order valence-electron chi connectivity index (χ4n) is 1.42. The number of hydrogen-bond acceptors (Lipinski definition) is 7. The van der Waals surface area contributed by atoms with E-state index in [-0.39, 0.29) is 5.91 Å². The third kappa shape index (κ3) is 7.98. The number of thioether (sulfide) groups is 1. The maximum atomic E-state index is 11.7. The van der Waals surface area contributed by atoms with Gasteiger partial charge in [-0.1, -0.05) is 25.6 Å². The van der Waals surface area contributed by atoms with Crippen LogP contribution in [0, 0.1) is 5.92 Å². The number of amides is 1. The predicted molar refractivity (Wildman–Crippen MR) is 81.1 cm³/mol. The van der Waals surface area contributed by atoms with Gasteiger partial charge in [-0.2, -0.15) is 0 Å². The van der Waals surface area contributed by atoms with Crippen molar-refractivity contribution in [1.29, 1.82) is 0 Å². The zero-order valence-corrected chi connectivity index (χ0v) is 13.7. The highest BCUT2D eigenvalue weighted by Crippen LogP contribution is 2.12. The lowest BCUT2D eigenvalue weighted by Crippen LogP contribution is -2.29. The molecule has 0 spiro atoms. The van der Waals surface area contributed by atoms with Crippen LogP contribution in [0.4, 0.5) is 0 Å². The molecule has 21 heavy (non-hydrogen) atoms. The van der Waals surface area contributed by atoms with Gasteiger partial charge in [0.25, 0.3) is 0 Å². The van der Waals surface area contributed by atoms with E-state index in [1.165, 1.54) is 11.8 Å². The molecule has 9 heteroatoms. The number of nitrogens with zero attached hydrogens (tertiary/aromatic N) is 4. The first-order valence-electron chi connectivity index (χ1n) is 6.98. The molecule has 2 N–H and O–H groups in total. The smallest absolute Gasteiger partial charge is 0.230 e. The second-order valence-electron chi connectivity index (χ2n) is 4.91. The van der Waals surface area contributed by atoms with Crippen molar-refractivity contribution in [2.24, 2.45) is 5.92 Å². The Morgan fingerprint density at radius 2 is 2.24 bits per heavy atom. The summed E-state index contributed by atoms with van der Waals surface area (Å²) in [5.74, 6) is 0.772. The Kier molecular flexibility index (Phi) is 8.95. The number of methoxy groups -OCH3 is 1. The van der Waals surface area contributed by atoms with Gasteiger partial charge in [-0.15, -0.1) is 5.10 Å². The van der Waals surface area contributed by atoms with Crippen molar-refractivity contribution in [2.75, 3.05) is 39.1 Å². The van der Waals surface area contributed by atoms with E-state index in [2.05, 4.69) is 40.0 Å². The summed E-state index contributed by atoms with van der Waals surface area (Å²) in [5.41, 5.74) is 0. The van der Waals surface area contributed by atoms with E-state index in [1.807, 2.05) is 0 Å². The summed E-state index contributed by atoms with van der Waals surface area (Å²) in [5, 5.41) is 18.2. The average Bonchev–Trinajstić information content (AvgIpc) is 2.90. The summed E-state index contributed by atoms with van der Waals surface area (Å²) in [6, 6.07) is 0. The number of ether oxygens (including phenoxy) is 1. The molecular weight excluding hydrogens is 292 g/mol. The van der Waals surface area contributed by atoms with Crippen LogP contribution in [0.15, 0.2) is 5.16 Å². The molecule has 1 aromatic heterocycles. The van der Waals surface area contributed by atoms with Crippen LogP contribution in [0.5, 0.6) is 0 Å². The molecule has 0 bridgehead atoms. The largest absolute Gasteiger partial charge is 0.383 e. The quantitative estimate of drug-likeness (QED) is 0.430. The molecule has 1 heterocycles. The van der Waals surface area contributed by atoms with Gasteiger partial charge >= 0.3 is 0 Å². The highest BCUT2D eigenvalue weighted by molar-refractivity contribution is 7.99. The summed E-state index contributed by atoms with van der Waals surface area (Å²) in [6.45, 7) is 7.68. The number of tetrazole rings is 1. The van der Waals surface area contributed by atoms with Crippen LogP contribution in [0.1, 0.15) is 13.8 Å². The maximum Gasteiger partial charge on any atom is 0.230 e. The van der Waals surface area contributed by atoms with Gasteiger partial charge in [0.1, 0.15) is 0 Å². The molecule has 0 unspecified atom stereocenters. The molecule has 120 valence electrons. The number of nitrogens with one attached hydrogen (secondary N) is 2. The summed E-state index contributed by atoms with van der Waals surface area (Å²) in [4.78, 5) is 11.7. The normalized spacial score (nSPS) is 11.0. The fraction of sp³-hybridized carbons (Fsp3) is 0.833. The molecule has 8 nitrogen and oxygen atoms in total. The Bertz CT molecular complexity index is 412. The average molecular weight is 316 g/mol. The fourth-order valence-corrected chi connectivity index (χ4v) is 2.16. The van der Waals surface area contributed by atoms with Crippen molar-refractivity contribution < 1.29 is 9.53 Å². The molecule has 1 amide bonds. The van der Waals surface area contributed by atoms with E-state index >= 15 is 0 Å². The van der Waals surface area contributed by atoms with Crippen LogP contribution in [-0.4, -0.2) is 65.2 Å². The standard InChI is InChI=1S/C12H24N6O2S/c1-10(2)8-14-11(19)9-21-12-15-16-17-18(12)6-4-13-5-7-20-3/h10,13H,4-9H2,1-3H3,(H,14,19). The van der Waals surface area contributed by atoms with Crippen molar-refractivity contribution in [3.05, 3.63) is 0 Å². The van der Waals surface area contributed by atoms with Gasteiger partial charge in [-0.3, -0.25) is 4.79 Å². The monoisotopic (exact) mass is 316 g/mol. The molecule has 0 aliphatic carbocycles. The first-order chi connectivity index (χ1) is 10.1. The van der Waals surface area contributed by atoms with Crippen LogP contribution >= 0.6 is 11.8 Å². The van der Waals surface area contributed by atoms with Crippen molar-refractivity contribution in [3.63, 3.8) is 0 Å². The Hall–Kier alpha value is -1.19. The molecule has 0 atom stereocenters. The minimum absolute atomic E-state index is 0.00136. The highest BCUT2D eigenvalue weighted by atomic mass is 32.2. The molecule has 1 rings (SSSR count). The van der Waals surface area contributed by atoms with Gasteiger partial charge in [0, 0.05) is 26.7 Å². The van der Waals surface area contributed by atoms with E-state index in [0.29, 0.717) is 36.5 Å². The zero-order valence-electron chi connectivity index (χ0n) is 12.8. The molecule has 0 radical (unpaired) electrons. The minimum Gasteiger partial charge on any atom is -0.383 e. The SMILES string of the molecule is COCCNCCn1nnnc1SCC(=O)NCC(C)C. The van der Waals surface area contributed by atoms with Gasteiger partial charge in [0.2, 0.25) is 11.1 Å². The lowest BCUT2D eigenvalue weighted by molar-refractivity contribution is -0.118. The molecule has 0 saturated carbocycles. The Morgan fingerprint density at radius 3 is 2.95 bits per heavy atom. The van der Waals surface area contributed by atoms with Gasteiger partial charge < -0.3 is 15.4 Å². The molecule has 0 fully saturated rings. The molecule has 0 aromatic carbocycles. The number of rotatable bonds is 11. The van der Waals surface area contributed by atoms with Crippen molar-refractivity contribution in [3.8, 4) is 0 Å². The summed E-state index contributed by atoms with van der Waals surface area (Å²) in [7, 11) is 1.67. The Morgan fingerprint density at radius 1 is 1.43 bits per heavy atom. The number of carbonyl (C=O) groups is 1.